The van der Waals surface area contributed by atoms with Gasteiger partial charge in [-0.05, 0) is 35.4 Å². The summed E-state index contributed by atoms with van der Waals surface area (Å²) in [5, 5.41) is 14.3. The van der Waals surface area contributed by atoms with Crippen molar-refractivity contribution in [3.63, 3.8) is 0 Å². The van der Waals surface area contributed by atoms with Crippen molar-refractivity contribution in [2.75, 3.05) is 18.9 Å². The Kier molecular flexibility index (Phi) is 4.96. The molecule has 0 aliphatic heterocycles. The van der Waals surface area contributed by atoms with Crippen molar-refractivity contribution in [2.45, 2.75) is 4.90 Å². The van der Waals surface area contributed by atoms with E-state index in [0.29, 0.717) is 16.7 Å². The molecule has 0 atom stereocenters. The predicted octanol–water partition coefficient (Wildman–Crippen LogP) is 4.02. The number of benzene rings is 3. The van der Waals surface area contributed by atoms with E-state index in [0.717, 1.165) is 11.1 Å². The molecule has 0 saturated carbocycles. The third-order valence-corrected chi connectivity index (χ3v) is 5.95. The first kappa shape index (κ1) is 19.6. The molecule has 154 valence electrons. The molecule has 4 rings (SSSR count). The van der Waals surface area contributed by atoms with Gasteiger partial charge in [0.25, 0.3) is 10.0 Å². The van der Waals surface area contributed by atoms with Crippen LogP contribution in [0.5, 0.6) is 17.2 Å². The first-order valence-electron chi connectivity index (χ1n) is 8.86. The Morgan fingerprint density at radius 2 is 1.67 bits per heavy atom. The molecule has 8 nitrogen and oxygen atoms in total. The summed E-state index contributed by atoms with van der Waals surface area (Å²) in [7, 11) is -1.45. The summed E-state index contributed by atoms with van der Waals surface area (Å²) in [5.74, 6) is -0.136. The van der Waals surface area contributed by atoms with Crippen LogP contribution in [0.25, 0.3) is 22.1 Å². The Labute approximate surface area is 172 Å². The van der Waals surface area contributed by atoms with Gasteiger partial charge in [-0.3, -0.25) is 4.72 Å². The van der Waals surface area contributed by atoms with Crippen molar-refractivity contribution in [3.05, 3.63) is 60.7 Å². The Hall–Kier alpha value is -3.72. The van der Waals surface area contributed by atoms with E-state index in [1.54, 1.807) is 12.1 Å². The summed E-state index contributed by atoms with van der Waals surface area (Å²) < 4.78 is 44.2. The second kappa shape index (κ2) is 7.60. The van der Waals surface area contributed by atoms with E-state index in [-0.39, 0.29) is 11.6 Å². The van der Waals surface area contributed by atoms with E-state index in [1.165, 1.54) is 32.4 Å². The zero-order valence-corrected chi connectivity index (χ0v) is 16.9. The highest BCUT2D eigenvalue weighted by Gasteiger charge is 2.27. The molecule has 0 aliphatic rings. The Morgan fingerprint density at radius 1 is 0.933 bits per heavy atom. The highest BCUT2D eigenvalue weighted by molar-refractivity contribution is 7.93. The molecule has 0 radical (unpaired) electrons. The third-order valence-electron chi connectivity index (χ3n) is 4.54. The third kappa shape index (κ3) is 3.39. The van der Waals surface area contributed by atoms with Gasteiger partial charge in [0, 0.05) is 0 Å². The molecule has 9 heteroatoms. The highest BCUT2D eigenvalue weighted by Crippen LogP contribution is 2.39. The maximum atomic E-state index is 13.0. The van der Waals surface area contributed by atoms with Gasteiger partial charge >= 0.3 is 0 Å². The van der Waals surface area contributed by atoms with E-state index in [9.17, 15) is 13.5 Å². The molecule has 1 aromatic heterocycles. The predicted molar refractivity (Wildman–Crippen MR) is 111 cm³/mol. The number of aromatic hydroxyl groups is 1. The number of fused-ring (bicyclic) bond motifs is 1. The number of nitrogens with zero attached hydrogens (tertiary/aromatic N) is 1. The van der Waals surface area contributed by atoms with Crippen LogP contribution in [-0.4, -0.2) is 32.9 Å². The number of anilines is 1. The second-order valence-corrected chi connectivity index (χ2v) is 7.98. The Balaban J connectivity index is 1.81. The minimum Gasteiger partial charge on any atom is -0.506 e. The van der Waals surface area contributed by atoms with Gasteiger partial charge < -0.3 is 19.1 Å². The average molecular weight is 426 g/mol. The number of sulfonamides is 1. The zero-order chi connectivity index (χ0) is 21.3. The van der Waals surface area contributed by atoms with Gasteiger partial charge in [-0.15, -0.1) is 0 Å². The molecular weight excluding hydrogens is 408 g/mol. The van der Waals surface area contributed by atoms with Crippen LogP contribution >= 0.6 is 0 Å². The number of aromatic nitrogens is 1. The van der Waals surface area contributed by atoms with Gasteiger partial charge in [-0.2, -0.15) is 0 Å². The standard InChI is InChI=1S/C21H18N2O6S/c1-27-16-10-6-9-15(24)20(16)30(25,26)23-21-19-17(28-2)11-14(12-18(19)29-22-21)13-7-4-3-5-8-13/h3-12,24H,1-2H3,(H,22,23). The smallest absolute Gasteiger partial charge is 0.270 e. The van der Waals surface area contributed by atoms with Crippen molar-refractivity contribution in [3.8, 4) is 28.4 Å². The molecule has 3 aromatic carbocycles. The van der Waals surface area contributed by atoms with Crippen molar-refractivity contribution in [2.24, 2.45) is 0 Å². The molecule has 0 spiro atoms. The first-order chi connectivity index (χ1) is 14.4. The SMILES string of the molecule is COc1cccc(O)c1S(=O)(=O)Nc1noc2cc(-c3ccccc3)cc(OC)c12. The van der Waals surface area contributed by atoms with Crippen LogP contribution in [0, 0.1) is 0 Å². The summed E-state index contributed by atoms with van der Waals surface area (Å²) in [4.78, 5) is -0.400. The van der Waals surface area contributed by atoms with Gasteiger partial charge in [0.15, 0.2) is 16.3 Å². The van der Waals surface area contributed by atoms with Crippen LogP contribution in [0.4, 0.5) is 5.82 Å². The molecule has 1 heterocycles. The fraction of sp³-hybridized carbons (Fsp3) is 0.0952. The topological polar surface area (TPSA) is 111 Å². The minimum atomic E-state index is -4.24. The lowest BCUT2D eigenvalue weighted by molar-refractivity contribution is 0.388. The van der Waals surface area contributed by atoms with Crippen molar-refractivity contribution >= 4 is 26.8 Å². The number of hydrogen-bond acceptors (Lipinski definition) is 7. The highest BCUT2D eigenvalue weighted by atomic mass is 32.2. The van der Waals surface area contributed by atoms with E-state index in [1.807, 2.05) is 30.3 Å². The molecular formula is C21H18N2O6S. The van der Waals surface area contributed by atoms with E-state index >= 15 is 0 Å². The van der Waals surface area contributed by atoms with Crippen LogP contribution in [0.1, 0.15) is 0 Å². The lowest BCUT2D eigenvalue weighted by atomic mass is 10.0. The molecule has 0 unspecified atom stereocenters. The number of hydrogen-bond donors (Lipinski definition) is 2. The number of ether oxygens (including phenoxy) is 2. The second-order valence-electron chi connectivity index (χ2n) is 6.36. The van der Waals surface area contributed by atoms with Gasteiger partial charge in [0.1, 0.15) is 22.6 Å². The van der Waals surface area contributed by atoms with Gasteiger partial charge in [0.2, 0.25) is 0 Å². The largest absolute Gasteiger partial charge is 0.506 e. The van der Waals surface area contributed by atoms with Crippen LogP contribution in [0.3, 0.4) is 0 Å². The summed E-state index contributed by atoms with van der Waals surface area (Å²) in [5.41, 5.74) is 2.11. The van der Waals surface area contributed by atoms with E-state index in [4.69, 9.17) is 14.0 Å². The van der Waals surface area contributed by atoms with E-state index in [2.05, 4.69) is 9.88 Å². The van der Waals surface area contributed by atoms with Crippen LogP contribution in [0.15, 0.2) is 70.1 Å². The lowest BCUT2D eigenvalue weighted by Gasteiger charge is -2.12. The summed E-state index contributed by atoms with van der Waals surface area (Å²) in [6, 6.07) is 17.3. The zero-order valence-electron chi connectivity index (χ0n) is 16.1. The fourth-order valence-corrected chi connectivity index (χ4v) is 4.43. The fourth-order valence-electron chi connectivity index (χ4n) is 3.18. The minimum absolute atomic E-state index is 0.00590. The Morgan fingerprint density at radius 3 is 2.37 bits per heavy atom. The molecule has 0 bridgehead atoms. The van der Waals surface area contributed by atoms with Crippen molar-refractivity contribution in [1.82, 2.24) is 5.16 Å². The summed E-state index contributed by atoms with van der Waals surface area (Å²) >= 11 is 0. The normalized spacial score (nSPS) is 11.4. The molecule has 0 aliphatic carbocycles. The number of phenols is 1. The summed E-state index contributed by atoms with van der Waals surface area (Å²) in [6.45, 7) is 0. The molecule has 4 aromatic rings. The van der Waals surface area contributed by atoms with Gasteiger partial charge in [-0.25, -0.2) is 8.42 Å². The average Bonchev–Trinajstić information content (AvgIpc) is 3.15. The molecule has 0 amide bonds. The lowest BCUT2D eigenvalue weighted by Crippen LogP contribution is -2.14. The number of nitrogens with one attached hydrogen (secondary N) is 1. The van der Waals surface area contributed by atoms with Crippen LogP contribution in [-0.2, 0) is 10.0 Å². The summed E-state index contributed by atoms with van der Waals surface area (Å²) in [6.07, 6.45) is 0. The number of rotatable bonds is 6. The van der Waals surface area contributed by atoms with Crippen LogP contribution in [0.2, 0.25) is 0 Å². The molecule has 2 N–H and O–H groups in total. The molecule has 0 fully saturated rings. The Bertz CT molecular complexity index is 1320. The maximum absolute atomic E-state index is 13.0. The molecule has 0 saturated heterocycles. The van der Waals surface area contributed by atoms with Gasteiger partial charge in [0.05, 0.1) is 14.2 Å². The quantitative estimate of drug-likeness (QED) is 0.479. The maximum Gasteiger partial charge on any atom is 0.270 e. The monoisotopic (exact) mass is 426 g/mol. The molecule has 30 heavy (non-hydrogen) atoms. The van der Waals surface area contributed by atoms with Gasteiger partial charge in [-0.1, -0.05) is 41.6 Å². The van der Waals surface area contributed by atoms with Crippen molar-refractivity contribution in [1.29, 1.82) is 0 Å². The van der Waals surface area contributed by atoms with Crippen LogP contribution < -0.4 is 14.2 Å². The number of methoxy groups -OCH3 is 2. The van der Waals surface area contributed by atoms with E-state index < -0.39 is 20.7 Å². The first-order valence-corrected chi connectivity index (χ1v) is 10.3. The number of phenolic OH excluding ortho intramolecular Hbond substituents is 1. The van der Waals surface area contributed by atoms with Crippen molar-refractivity contribution < 1.29 is 27.5 Å².